The summed E-state index contributed by atoms with van der Waals surface area (Å²) in [6.07, 6.45) is 3.82. The van der Waals surface area contributed by atoms with Crippen LogP contribution in [0.15, 0.2) is 88.7 Å². The second-order valence-corrected chi connectivity index (χ2v) is 11.2. The van der Waals surface area contributed by atoms with Crippen molar-refractivity contribution in [2.24, 2.45) is 0 Å². The fraction of sp³-hybridized carbons (Fsp3) is 0.129. The van der Waals surface area contributed by atoms with Crippen LogP contribution in [0.1, 0.15) is 11.1 Å². The van der Waals surface area contributed by atoms with Gasteiger partial charge in [-0.15, -0.1) is 11.3 Å². The second-order valence-electron chi connectivity index (χ2n) is 10.2. The Morgan fingerprint density at radius 3 is 2.30 bits per heavy atom. The first-order valence-electron chi connectivity index (χ1n) is 13.4. The number of anilines is 1. The summed E-state index contributed by atoms with van der Waals surface area (Å²) in [4.78, 5) is 46.9. The smallest absolute Gasteiger partial charge is 0.329 e. The summed E-state index contributed by atoms with van der Waals surface area (Å²) < 4.78 is 33.5. The summed E-state index contributed by atoms with van der Waals surface area (Å²) in [5, 5.41) is 7.01. The minimum atomic E-state index is -0.815. The zero-order valence-corrected chi connectivity index (χ0v) is 24.4. The number of aromatic nitrogens is 5. The Labute approximate surface area is 253 Å². The van der Waals surface area contributed by atoms with Crippen LogP contribution in [-0.4, -0.2) is 49.3 Å². The molecular weight excluding hydrogens is 588 g/mol. The second kappa shape index (κ2) is 11.8. The van der Waals surface area contributed by atoms with Crippen LogP contribution in [0.3, 0.4) is 0 Å². The zero-order valence-electron chi connectivity index (χ0n) is 23.6. The standard InChI is InChI=1S/C31H25F2N7O3S/c1-37(2)16-22-27-29(42)40(26-9-4-8-25(36-26)39-15-5-14-35-39)31(43)38(17-21-23(32)6-3-7-24(21)33)30(27)44-28(22)19-10-12-20(13-11-19)34-18-41/h3-15,18H,16-17H2,1-2H3,(H,34,41). The van der Waals surface area contributed by atoms with Gasteiger partial charge in [0.2, 0.25) is 6.41 Å². The molecule has 222 valence electrons. The number of pyridine rings is 1. The fourth-order valence-electron chi connectivity index (χ4n) is 5.01. The Bertz CT molecular complexity index is 2100. The Hall–Kier alpha value is -5.27. The van der Waals surface area contributed by atoms with E-state index in [4.69, 9.17) is 0 Å². The van der Waals surface area contributed by atoms with Crippen molar-refractivity contribution in [2.75, 3.05) is 19.4 Å². The molecule has 1 amide bonds. The first kappa shape index (κ1) is 28.8. The summed E-state index contributed by atoms with van der Waals surface area (Å²) in [7, 11) is 3.70. The number of nitrogens with one attached hydrogen (secondary N) is 1. The third-order valence-electron chi connectivity index (χ3n) is 6.99. The summed E-state index contributed by atoms with van der Waals surface area (Å²) in [5.41, 5.74) is 0.226. The van der Waals surface area contributed by atoms with Gasteiger partial charge in [0.25, 0.3) is 5.56 Å². The highest BCUT2D eigenvalue weighted by atomic mass is 32.1. The van der Waals surface area contributed by atoms with Crippen LogP contribution in [-0.2, 0) is 17.9 Å². The van der Waals surface area contributed by atoms with Gasteiger partial charge in [-0.1, -0.05) is 24.3 Å². The number of benzene rings is 2. The number of amides is 1. The number of fused-ring (bicyclic) bond motifs is 1. The highest BCUT2D eigenvalue weighted by molar-refractivity contribution is 7.22. The van der Waals surface area contributed by atoms with Gasteiger partial charge in [-0.05, 0) is 67.7 Å². The average Bonchev–Trinajstić information content (AvgIpc) is 3.67. The summed E-state index contributed by atoms with van der Waals surface area (Å²) in [6.45, 7) is -0.136. The van der Waals surface area contributed by atoms with E-state index in [1.807, 2.05) is 19.0 Å². The SMILES string of the molecule is CN(C)Cc1c(-c2ccc(NC=O)cc2)sc2c1c(=O)n(-c1cccc(-n3cccn3)n1)c(=O)n2Cc1c(F)cccc1F. The Morgan fingerprint density at radius 2 is 1.64 bits per heavy atom. The van der Waals surface area contributed by atoms with Crippen molar-refractivity contribution in [3.05, 3.63) is 123 Å². The van der Waals surface area contributed by atoms with Crippen LogP contribution in [0.25, 0.3) is 32.3 Å². The molecule has 1 N–H and O–H groups in total. The Kier molecular flexibility index (Phi) is 7.72. The van der Waals surface area contributed by atoms with Crippen molar-refractivity contribution in [3.8, 4) is 22.1 Å². The maximum Gasteiger partial charge on any atom is 0.338 e. The van der Waals surface area contributed by atoms with Crippen LogP contribution >= 0.6 is 11.3 Å². The molecule has 0 bridgehead atoms. The lowest BCUT2D eigenvalue weighted by Gasteiger charge is -2.15. The van der Waals surface area contributed by atoms with Crippen molar-refractivity contribution >= 4 is 33.7 Å². The third kappa shape index (κ3) is 5.23. The molecular formula is C31H25F2N7O3S. The molecule has 2 aromatic carbocycles. The first-order chi connectivity index (χ1) is 21.3. The van der Waals surface area contributed by atoms with E-state index in [1.54, 1.807) is 54.9 Å². The number of carbonyl (C=O) groups is 1. The number of thiophene rings is 1. The van der Waals surface area contributed by atoms with Gasteiger partial charge in [-0.2, -0.15) is 5.10 Å². The molecule has 6 aromatic rings. The van der Waals surface area contributed by atoms with Crippen LogP contribution in [0.5, 0.6) is 0 Å². The summed E-state index contributed by atoms with van der Waals surface area (Å²) >= 11 is 1.18. The normalized spacial score (nSPS) is 11.4. The van der Waals surface area contributed by atoms with E-state index in [1.165, 1.54) is 32.7 Å². The van der Waals surface area contributed by atoms with Crippen LogP contribution in [0.4, 0.5) is 14.5 Å². The lowest BCUT2D eigenvalue weighted by Crippen LogP contribution is -2.39. The molecule has 0 saturated carbocycles. The van der Waals surface area contributed by atoms with Crippen molar-refractivity contribution in [1.82, 2.24) is 28.8 Å². The Morgan fingerprint density at radius 1 is 0.932 bits per heavy atom. The predicted molar refractivity (Wildman–Crippen MR) is 165 cm³/mol. The number of nitrogens with zero attached hydrogens (tertiary/aromatic N) is 6. The van der Waals surface area contributed by atoms with Gasteiger partial charge < -0.3 is 10.2 Å². The van der Waals surface area contributed by atoms with Crippen molar-refractivity contribution in [2.45, 2.75) is 13.1 Å². The van der Waals surface area contributed by atoms with E-state index in [9.17, 15) is 23.2 Å². The Balaban J connectivity index is 1.68. The highest BCUT2D eigenvalue weighted by Gasteiger charge is 2.25. The van der Waals surface area contributed by atoms with E-state index >= 15 is 0 Å². The minimum absolute atomic E-state index is 0.0329. The van der Waals surface area contributed by atoms with E-state index in [2.05, 4.69) is 15.4 Å². The monoisotopic (exact) mass is 613 g/mol. The molecule has 4 heterocycles. The summed E-state index contributed by atoms with van der Waals surface area (Å²) in [6, 6.07) is 17.1. The molecule has 13 heteroatoms. The average molecular weight is 614 g/mol. The lowest BCUT2D eigenvalue weighted by atomic mass is 10.1. The predicted octanol–water partition coefficient (Wildman–Crippen LogP) is 4.42. The third-order valence-corrected chi connectivity index (χ3v) is 8.29. The van der Waals surface area contributed by atoms with Crippen LogP contribution < -0.4 is 16.6 Å². The van der Waals surface area contributed by atoms with E-state index in [0.29, 0.717) is 34.9 Å². The number of carbonyl (C=O) groups excluding carboxylic acids is 1. The maximum absolute atomic E-state index is 14.9. The van der Waals surface area contributed by atoms with Gasteiger partial charge in [0.05, 0.1) is 11.9 Å². The molecule has 0 aliphatic rings. The summed E-state index contributed by atoms with van der Waals surface area (Å²) in [5.74, 6) is -1.23. The molecule has 6 rings (SSSR count). The van der Waals surface area contributed by atoms with Crippen molar-refractivity contribution in [1.29, 1.82) is 0 Å². The molecule has 44 heavy (non-hydrogen) atoms. The van der Waals surface area contributed by atoms with E-state index < -0.39 is 29.4 Å². The molecule has 0 saturated heterocycles. The van der Waals surface area contributed by atoms with Crippen LogP contribution in [0.2, 0.25) is 0 Å². The lowest BCUT2D eigenvalue weighted by molar-refractivity contribution is -0.105. The highest BCUT2D eigenvalue weighted by Crippen LogP contribution is 2.38. The number of hydrogen-bond acceptors (Lipinski definition) is 7. The molecule has 0 atom stereocenters. The number of halogens is 2. The van der Waals surface area contributed by atoms with Crippen LogP contribution in [0, 0.1) is 11.6 Å². The van der Waals surface area contributed by atoms with Gasteiger partial charge in [-0.3, -0.25) is 14.2 Å². The topological polar surface area (TPSA) is 107 Å². The molecule has 0 aliphatic heterocycles. The van der Waals surface area contributed by atoms with Crippen molar-refractivity contribution in [3.63, 3.8) is 0 Å². The quantitative estimate of drug-likeness (QED) is 0.242. The molecule has 0 unspecified atom stereocenters. The minimum Gasteiger partial charge on any atom is -0.329 e. The molecule has 0 aliphatic carbocycles. The largest absolute Gasteiger partial charge is 0.338 e. The van der Waals surface area contributed by atoms with Gasteiger partial charge in [0.1, 0.15) is 22.3 Å². The number of rotatable bonds is 9. The number of hydrogen-bond donors (Lipinski definition) is 1. The molecule has 0 spiro atoms. The molecule has 4 aromatic heterocycles. The van der Waals surface area contributed by atoms with E-state index in [-0.39, 0.29) is 21.6 Å². The first-order valence-corrected chi connectivity index (χ1v) is 14.3. The van der Waals surface area contributed by atoms with Gasteiger partial charge in [0.15, 0.2) is 5.82 Å². The molecule has 0 fully saturated rings. The molecule has 10 nitrogen and oxygen atoms in total. The van der Waals surface area contributed by atoms with Gasteiger partial charge in [0, 0.05) is 35.1 Å². The molecule has 0 radical (unpaired) electrons. The fourth-order valence-corrected chi connectivity index (χ4v) is 6.31. The maximum atomic E-state index is 14.9. The van der Waals surface area contributed by atoms with Gasteiger partial charge in [-0.25, -0.2) is 27.8 Å². The van der Waals surface area contributed by atoms with Gasteiger partial charge >= 0.3 is 5.69 Å². The van der Waals surface area contributed by atoms with Crippen molar-refractivity contribution < 1.29 is 13.6 Å². The zero-order chi connectivity index (χ0) is 31.0. The van der Waals surface area contributed by atoms with E-state index in [0.717, 1.165) is 22.3 Å².